The molecule has 2 rings (SSSR count). The van der Waals surface area contributed by atoms with Gasteiger partial charge in [-0.25, -0.2) is 4.39 Å². The normalized spacial score (nSPS) is 10.7. The Morgan fingerprint density at radius 1 is 1.04 bits per heavy atom. The molecule has 3 nitrogen and oxygen atoms in total. The Bertz CT molecular complexity index is 660. The molecule has 2 aromatic rings. The first-order valence-corrected chi connectivity index (χ1v) is 7.58. The van der Waals surface area contributed by atoms with Crippen molar-refractivity contribution in [1.29, 1.82) is 0 Å². The lowest BCUT2D eigenvalue weighted by Gasteiger charge is -2.07. The monoisotopic (exact) mass is 337 g/mol. The molecule has 0 spiro atoms. The largest absolute Gasteiger partial charge is 0.435 e. The lowest BCUT2D eigenvalue weighted by Crippen LogP contribution is -2.25. The third kappa shape index (κ3) is 6.32. The fourth-order valence-corrected chi connectivity index (χ4v) is 2.22. The number of nitrogens with one attached hydrogen (secondary N) is 1. The zero-order valence-corrected chi connectivity index (χ0v) is 13.0. The first-order valence-electron chi connectivity index (χ1n) is 7.58. The van der Waals surface area contributed by atoms with Crippen LogP contribution in [0.25, 0.3) is 0 Å². The zero-order chi connectivity index (χ0) is 17.4. The lowest BCUT2D eigenvalue weighted by molar-refractivity contribution is -0.121. The summed E-state index contributed by atoms with van der Waals surface area (Å²) in [4.78, 5) is 11.8. The van der Waals surface area contributed by atoms with Crippen molar-refractivity contribution >= 4 is 5.91 Å². The van der Waals surface area contributed by atoms with Gasteiger partial charge in [-0.3, -0.25) is 4.79 Å². The van der Waals surface area contributed by atoms with E-state index in [9.17, 15) is 18.0 Å². The summed E-state index contributed by atoms with van der Waals surface area (Å²) >= 11 is 0. The Hall–Kier alpha value is -2.50. The first kappa shape index (κ1) is 17.8. The molecule has 0 aliphatic carbocycles. The van der Waals surface area contributed by atoms with E-state index in [1.54, 1.807) is 24.3 Å². The molecule has 0 saturated heterocycles. The summed E-state index contributed by atoms with van der Waals surface area (Å²) in [5.74, 6) is -0.322. The van der Waals surface area contributed by atoms with E-state index in [1.165, 1.54) is 24.3 Å². The van der Waals surface area contributed by atoms with Gasteiger partial charge in [-0.15, -0.1) is 0 Å². The van der Waals surface area contributed by atoms with Crippen LogP contribution < -0.4 is 10.1 Å². The van der Waals surface area contributed by atoms with Crippen molar-refractivity contribution in [1.82, 2.24) is 5.32 Å². The minimum atomic E-state index is -2.84. The third-order valence-electron chi connectivity index (χ3n) is 3.41. The molecule has 0 atom stereocenters. The van der Waals surface area contributed by atoms with E-state index < -0.39 is 6.61 Å². The zero-order valence-electron chi connectivity index (χ0n) is 13.0. The highest BCUT2D eigenvalue weighted by Crippen LogP contribution is 2.15. The fraction of sp³-hybridized carbons (Fsp3) is 0.278. The van der Waals surface area contributed by atoms with Gasteiger partial charge in [0.1, 0.15) is 11.6 Å². The number of carbonyl (C=O) groups is 1. The van der Waals surface area contributed by atoms with E-state index in [2.05, 4.69) is 10.1 Å². The summed E-state index contributed by atoms with van der Waals surface area (Å²) in [6.45, 7) is -2.40. The van der Waals surface area contributed by atoms with E-state index in [0.717, 1.165) is 11.1 Å². The second-order valence-electron chi connectivity index (χ2n) is 5.25. The smallest absolute Gasteiger partial charge is 0.387 e. The molecule has 0 aliphatic rings. The molecule has 1 N–H and O–H groups in total. The summed E-state index contributed by atoms with van der Waals surface area (Å²) in [5, 5.41) is 2.78. The first-order chi connectivity index (χ1) is 11.5. The standard InChI is InChI=1S/C18H18F3NO2/c19-15-3-1-2-14(12-15)6-9-17(23)22-11-10-13-4-7-16(8-5-13)24-18(20)21/h1-5,7-8,12,18H,6,9-11H2,(H,22,23). The van der Waals surface area contributed by atoms with Gasteiger partial charge in [0.2, 0.25) is 5.91 Å². The second kappa shape index (κ2) is 8.96. The molecule has 128 valence electrons. The number of hydrogen-bond donors (Lipinski definition) is 1. The summed E-state index contributed by atoms with van der Waals surface area (Å²) in [5.41, 5.74) is 1.68. The Morgan fingerprint density at radius 2 is 1.79 bits per heavy atom. The average molecular weight is 337 g/mol. The molecule has 2 aromatic carbocycles. The molecular weight excluding hydrogens is 319 g/mol. The van der Waals surface area contributed by atoms with Crippen molar-refractivity contribution in [3.05, 3.63) is 65.5 Å². The predicted octanol–water partition coefficient (Wildman–Crippen LogP) is 3.72. The van der Waals surface area contributed by atoms with Crippen molar-refractivity contribution < 1.29 is 22.7 Å². The van der Waals surface area contributed by atoms with Crippen LogP contribution in [0.15, 0.2) is 48.5 Å². The van der Waals surface area contributed by atoms with Crippen molar-refractivity contribution in [2.45, 2.75) is 25.9 Å². The predicted molar refractivity (Wildman–Crippen MR) is 84.5 cm³/mol. The molecule has 6 heteroatoms. The number of hydrogen-bond acceptors (Lipinski definition) is 2. The molecule has 0 heterocycles. The molecule has 0 saturated carbocycles. The van der Waals surface area contributed by atoms with Gasteiger partial charge in [0.25, 0.3) is 0 Å². The number of aryl methyl sites for hydroxylation is 1. The van der Waals surface area contributed by atoms with Crippen LogP contribution in [0.1, 0.15) is 17.5 Å². The van der Waals surface area contributed by atoms with Gasteiger partial charge in [-0.1, -0.05) is 24.3 Å². The highest BCUT2D eigenvalue weighted by Gasteiger charge is 2.05. The average Bonchev–Trinajstić information content (AvgIpc) is 2.54. The molecule has 0 radical (unpaired) electrons. The molecule has 1 amide bonds. The van der Waals surface area contributed by atoms with Crippen molar-refractivity contribution in [2.24, 2.45) is 0 Å². The highest BCUT2D eigenvalue weighted by molar-refractivity contribution is 5.76. The van der Waals surface area contributed by atoms with Crippen LogP contribution in [0.5, 0.6) is 5.75 Å². The van der Waals surface area contributed by atoms with Crippen LogP contribution in [-0.4, -0.2) is 19.1 Å². The SMILES string of the molecule is O=C(CCc1cccc(F)c1)NCCc1ccc(OC(F)F)cc1. The summed E-state index contributed by atoms with van der Waals surface area (Å²) < 4.78 is 41.4. The lowest BCUT2D eigenvalue weighted by atomic mass is 10.1. The molecule has 0 aliphatic heterocycles. The highest BCUT2D eigenvalue weighted by atomic mass is 19.3. The molecular formula is C18H18F3NO2. The number of amides is 1. The number of alkyl halides is 2. The maximum absolute atomic E-state index is 13.0. The molecule has 0 aromatic heterocycles. The van der Waals surface area contributed by atoms with Gasteiger partial charge in [0.15, 0.2) is 0 Å². The van der Waals surface area contributed by atoms with E-state index in [1.807, 2.05) is 0 Å². The van der Waals surface area contributed by atoms with Gasteiger partial charge in [-0.2, -0.15) is 8.78 Å². The van der Waals surface area contributed by atoms with Crippen LogP contribution in [0.3, 0.4) is 0 Å². The Morgan fingerprint density at radius 3 is 2.46 bits per heavy atom. The Balaban J connectivity index is 1.68. The van der Waals surface area contributed by atoms with E-state index in [4.69, 9.17) is 0 Å². The number of rotatable bonds is 8. The summed E-state index contributed by atoms with van der Waals surface area (Å²) in [7, 11) is 0. The number of halogens is 3. The minimum absolute atomic E-state index is 0.105. The molecule has 0 fully saturated rings. The van der Waals surface area contributed by atoms with E-state index >= 15 is 0 Å². The van der Waals surface area contributed by atoms with Crippen LogP contribution in [-0.2, 0) is 17.6 Å². The maximum Gasteiger partial charge on any atom is 0.387 e. The van der Waals surface area contributed by atoms with Crippen molar-refractivity contribution in [3.8, 4) is 5.75 Å². The number of benzene rings is 2. The van der Waals surface area contributed by atoms with Gasteiger partial charge in [0, 0.05) is 13.0 Å². The third-order valence-corrected chi connectivity index (χ3v) is 3.41. The van der Waals surface area contributed by atoms with Gasteiger partial charge in [-0.05, 0) is 48.2 Å². The Kier molecular flexibility index (Phi) is 6.66. The van der Waals surface area contributed by atoms with E-state index in [-0.39, 0.29) is 23.9 Å². The van der Waals surface area contributed by atoms with E-state index in [0.29, 0.717) is 19.4 Å². The quantitative estimate of drug-likeness (QED) is 0.797. The summed E-state index contributed by atoms with van der Waals surface area (Å²) in [6.07, 6.45) is 1.34. The number of ether oxygens (including phenoxy) is 1. The van der Waals surface area contributed by atoms with Crippen LogP contribution >= 0.6 is 0 Å². The summed E-state index contributed by atoms with van der Waals surface area (Å²) in [6, 6.07) is 12.5. The maximum atomic E-state index is 13.0. The fourth-order valence-electron chi connectivity index (χ4n) is 2.22. The van der Waals surface area contributed by atoms with Gasteiger partial charge in [0.05, 0.1) is 0 Å². The van der Waals surface area contributed by atoms with Crippen molar-refractivity contribution in [2.75, 3.05) is 6.54 Å². The topological polar surface area (TPSA) is 38.3 Å². The Labute approximate surface area is 138 Å². The molecule has 24 heavy (non-hydrogen) atoms. The molecule has 0 unspecified atom stereocenters. The van der Waals surface area contributed by atoms with Crippen LogP contribution in [0.4, 0.5) is 13.2 Å². The number of carbonyl (C=O) groups excluding carboxylic acids is 1. The van der Waals surface area contributed by atoms with Gasteiger partial charge >= 0.3 is 6.61 Å². The van der Waals surface area contributed by atoms with Crippen molar-refractivity contribution in [3.63, 3.8) is 0 Å². The van der Waals surface area contributed by atoms with Crippen LogP contribution in [0.2, 0.25) is 0 Å². The van der Waals surface area contributed by atoms with Crippen LogP contribution in [0, 0.1) is 5.82 Å². The minimum Gasteiger partial charge on any atom is -0.435 e. The van der Waals surface area contributed by atoms with Gasteiger partial charge < -0.3 is 10.1 Å². The second-order valence-corrected chi connectivity index (χ2v) is 5.25. The molecule has 0 bridgehead atoms.